The number of nitrogens with zero attached hydrogens (tertiary/aromatic N) is 2. The van der Waals surface area contributed by atoms with E-state index < -0.39 is 0 Å². The second kappa shape index (κ2) is 7.10. The molecule has 122 valence electrons. The van der Waals surface area contributed by atoms with Crippen LogP contribution in [-0.2, 0) is 11.3 Å². The zero-order chi connectivity index (χ0) is 16.2. The number of para-hydroxylation sites is 1. The lowest BCUT2D eigenvalue weighted by Gasteiger charge is -2.29. The zero-order valence-corrected chi connectivity index (χ0v) is 14.0. The molecule has 6 heteroatoms. The third-order valence-electron chi connectivity index (χ3n) is 4.26. The van der Waals surface area contributed by atoms with E-state index in [4.69, 9.17) is 15.5 Å². The molecule has 0 radical (unpaired) electrons. The number of ether oxygens (including phenoxy) is 1. The van der Waals surface area contributed by atoms with Crippen LogP contribution >= 0.6 is 11.3 Å². The van der Waals surface area contributed by atoms with Crippen molar-refractivity contribution < 1.29 is 9.53 Å². The van der Waals surface area contributed by atoms with Crippen molar-refractivity contribution >= 4 is 17.2 Å². The molecule has 1 amide bonds. The predicted molar refractivity (Wildman–Crippen MR) is 91.3 cm³/mol. The van der Waals surface area contributed by atoms with Crippen LogP contribution in [0.15, 0.2) is 29.6 Å². The molecule has 23 heavy (non-hydrogen) atoms. The number of carbonyl (C=O) groups excluding carboxylic acids is 1. The molecule has 1 saturated heterocycles. The SMILES string of the molecule is COc1ccccc1-c1nc(CN2CCC(C(N)=O)CC2)cs1. The van der Waals surface area contributed by atoms with Crippen LogP contribution in [0.3, 0.4) is 0 Å². The van der Waals surface area contributed by atoms with E-state index in [1.165, 1.54) is 0 Å². The summed E-state index contributed by atoms with van der Waals surface area (Å²) >= 11 is 1.63. The van der Waals surface area contributed by atoms with Gasteiger partial charge in [0.1, 0.15) is 10.8 Å². The minimum atomic E-state index is -0.170. The predicted octanol–water partition coefficient (Wildman–Crippen LogP) is 2.52. The molecule has 1 aliphatic heterocycles. The number of benzene rings is 1. The largest absolute Gasteiger partial charge is 0.496 e. The van der Waals surface area contributed by atoms with Crippen molar-refractivity contribution in [3.63, 3.8) is 0 Å². The van der Waals surface area contributed by atoms with E-state index in [0.29, 0.717) is 0 Å². The number of primary amides is 1. The molecule has 0 spiro atoms. The van der Waals surface area contributed by atoms with Crippen LogP contribution in [0.4, 0.5) is 0 Å². The first-order valence-corrected chi connectivity index (χ1v) is 8.65. The third kappa shape index (κ3) is 3.71. The van der Waals surface area contributed by atoms with Gasteiger partial charge in [-0.1, -0.05) is 12.1 Å². The molecule has 0 aliphatic carbocycles. The van der Waals surface area contributed by atoms with Crippen LogP contribution in [0.25, 0.3) is 10.6 Å². The molecular formula is C17H21N3O2S. The van der Waals surface area contributed by atoms with E-state index in [1.807, 2.05) is 24.3 Å². The molecule has 5 nitrogen and oxygen atoms in total. The van der Waals surface area contributed by atoms with E-state index >= 15 is 0 Å². The van der Waals surface area contributed by atoms with Crippen LogP contribution in [0.1, 0.15) is 18.5 Å². The molecule has 1 aromatic carbocycles. The van der Waals surface area contributed by atoms with Crippen LogP contribution < -0.4 is 10.5 Å². The molecule has 0 atom stereocenters. The Hall–Kier alpha value is -1.92. The van der Waals surface area contributed by atoms with E-state index in [-0.39, 0.29) is 11.8 Å². The number of hydrogen-bond donors (Lipinski definition) is 1. The van der Waals surface area contributed by atoms with Crippen molar-refractivity contribution in [2.45, 2.75) is 19.4 Å². The Labute approximate surface area is 140 Å². The van der Waals surface area contributed by atoms with Gasteiger partial charge in [0.25, 0.3) is 0 Å². The second-order valence-electron chi connectivity index (χ2n) is 5.80. The molecule has 0 saturated carbocycles. The number of likely N-dealkylation sites (tertiary alicyclic amines) is 1. The maximum Gasteiger partial charge on any atom is 0.220 e. The smallest absolute Gasteiger partial charge is 0.220 e. The lowest BCUT2D eigenvalue weighted by molar-refractivity contribution is -0.123. The first-order valence-electron chi connectivity index (χ1n) is 7.77. The van der Waals surface area contributed by atoms with Gasteiger partial charge in [0, 0.05) is 17.8 Å². The minimum Gasteiger partial charge on any atom is -0.496 e. The molecule has 1 fully saturated rings. The maximum absolute atomic E-state index is 11.2. The summed E-state index contributed by atoms with van der Waals surface area (Å²) < 4.78 is 5.41. The van der Waals surface area contributed by atoms with Crippen molar-refractivity contribution in [2.24, 2.45) is 11.7 Å². The molecule has 2 aromatic rings. The van der Waals surface area contributed by atoms with Crippen LogP contribution in [0.5, 0.6) is 5.75 Å². The Morgan fingerprint density at radius 2 is 2.13 bits per heavy atom. The van der Waals surface area contributed by atoms with Gasteiger partial charge >= 0.3 is 0 Å². The highest BCUT2D eigenvalue weighted by atomic mass is 32.1. The standard InChI is InChI=1S/C17H21N3O2S/c1-22-15-5-3-2-4-14(15)17-19-13(11-23-17)10-20-8-6-12(7-9-20)16(18)21/h2-5,11-12H,6-10H2,1H3,(H2,18,21). The highest BCUT2D eigenvalue weighted by Gasteiger charge is 2.23. The number of aromatic nitrogens is 1. The number of methoxy groups -OCH3 is 1. The first kappa shape index (κ1) is 16.0. The highest BCUT2D eigenvalue weighted by molar-refractivity contribution is 7.13. The summed E-state index contributed by atoms with van der Waals surface area (Å²) in [5.74, 6) is 0.707. The Morgan fingerprint density at radius 1 is 1.39 bits per heavy atom. The number of piperidine rings is 1. The van der Waals surface area contributed by atoms with Gasteiger partial charge in [0.05, 0.1) is 18.4 Å². The number of rotatable bonds is 5. The average molecular weight is 331 g/mol. The lowest BCUT2D eigenvalue weighted by Crippen LogP contribution is -2.38. The van der Waals surface area contributed by atoms with Gasteiger partial charge < -0.3 is 10.5 Å². The van der Waals surface area contributed by atoms with Crippen molar-refractivity contribution in [3.8, 4) is 16.3 Å². The zero-order valence-electron chi connectivity index (χ0n) is 13.2. The van der Waals surface area contributed by atoms with Gasteiger partial charge in [-0.2, -0.15) is 0 Å². The third-order valence-corrected chi connectivity index (χ3v) is 5.19. The summed E-state index contributed by atoms with van der Waals surface area (Å²) in [6.45, 7) is 2.61. The number of amides is 1. The molecule has 1 aromatic heterocycles. The molecule has 2 heterocycles. The molecule has 3 rings (SSSR count). The monoisotopic (exact) mass is 331 g/mol. The maximum atomic E-state index is 11.2. The summed E-state index contributed by atoms with van der Waals surface area (Å²) in [6.07, 6.45) is 1.69. The first-order chi connectivity index (χ1) is 11.2. The van der Waals surface area contributed by atoms with Gasteiger partial charge in [-0.05, 0) is 38.1 Å². The van der Waals surface area contributed by atoms with E-state index in [1.54, 1.807) is 18.4 Å². The van der Waals surface area contributed by atoms with E-state index in [9.17, 15) is 4.79 Å². The summed E-state index contributed by atoms with van der Waals surface area (Å²) in [6, 6.07) is 7.93. The quantitative estimate of drug-likeness (QED) is 0.914. The number of thiazole rings is 1. The molecule has 0 unspecified atom stereocenters. The molecule has 0 bridgehead atoms. The number of hydrogen-bond acceptors (Lipinski definition) is 5. The van der Waals surface area contributed by atoms with Gasteiger partial charge in [-0.15, -0.1) is 11.3 Å². The minimum absolute atomic E-state index is 0.0332. The van der Waals surface area contributed by atoms with Gasteiger partial charge in [0.15, 0.2) is 0 Å². The summed E-state index contributed by atoms with van der Waals surface area (Å²) in [5, 5.41) is 3.08. The lowest BCUT2D eigenvalue weighted by atomic mass is 9.96. The van der Waals surface area contributed by atoms with Crippen LogP contribution in [-0.4, -0.2) is 36.0 Å². The number of nitrogens with two attached hydrogens (primary N) is 1. The second-order valence-corrected chi connectivity index (χ2v) is 6.66. The van der Waals surface area contributed by atoms with Crippen molar-refractivity contribution in [1.82, 2.24) is 9.88 Å². The van der Waals surface area contributed by atoms with Crippen LogP contribution in [0.2, 0.25) is 0 Å². The fraction of sp³-hybridized carbons (Fsp3) is 0.412. The fourth-order valence-corrected chi connectivity index (χ4v) is 3.77. The normalized spacial score (nSPS) is 16.4. The summed E-state index contributed by atoms with van der Waals surface area (Å²) in [4.78, 5) is 18.3. The molecule has 1 aliphatic rings. The fourth-order valence-electron chi connectivity index (χ4n) is 2.93. The van der Waals surface area contributed by atoms with E-state index in [0.717, 1.165) is 54.5 Å². The van der Waals surface area contributed by atoms with Gasteiger partial charge in [-0.25, -0.2) is 4.98 Å². The highest BCUT2D eigenvalue weighted by Crippen LogP contribution is 2.32. The van der Waals surface area contributed by atoms with Gasteiger partial charge in [-0.3, -0.25) is 9.69 Å². The van der Waals surface area contributed by atoms with Crippen LogP contribution in [0, 0.1) is 5.92 Å². The molecular weight excluding hydrogens is 310 g/mol. The van der Waals surface area contributed by atoms with Crippen molar-refractivity contribution in [3.05, 3.63) is 35.3 Å². The van der Waals surface area contributed by atoms with Crippen molar-refractivity contribution in [1.29, 1.82) is 0 Å². The Kier molecular flexibility index (Phi) is 4.93. The Morgan fingerprint density at radius 3 is 2.83 bits per heavy atom. The van der Waals surface area contributed by atoms with Gasteiger partial charge in [0.2, 0.25) is 5.91 Å². The topological polar surface area (TPSA) is 68.4 Å². The van der Waals surface area contributed by atoms with E-state index in [2.05, 4.69) is 10.3 Å². The summed E-state index contributed by atoms with van der Waals surface area (Å²) in [5.41, 5.74) is 7.47. The summed E-state index contributed by atoms with van der Waals surface area (Å²) in [7, 11) is 1.68. The Balaban J connectivity index is 1.65. The number of carbonyl (C=O) groups is 1. The van der Waals surface area contributed by atoms with Crippen molar-refractivity contribution in [2.75, 3.05) is 20.2 Å². The molecule has 2 N–H and O–H groups in total. The average Bonchev–Trinajstić information content (AvgIpc) is 3.03. The Bertz CT molecular complexity index is 678.